The van der Waals surface area contributed by atoms with Gasteiger partial charge >= 0.3 is 24.1 Å². The lowest BCUT2D eigenvalue weighted by atomic mass is 9.78. The van der Waals surface area contributed by atoms with Gasteiger partial charge in [0.15, 0.2) is 0 Å². The maximum absolute atomic E-state index is 13.2. The molecule has 0 unspecified atom stereocenters. The van der Waals surface area contributed by atoms with Crippen LogP contribution in [-0.2, 0) is 85.6 Å². The second-order valence-corrected chi connectivity index (χ2v) is 38.5. The first kappa shape index (κ1) is 104. The van der Waals surface area contributed by atoms with Crippen molar-refractivity contribution in [3.63, 3.8) is 0 Å². The number of carbonyl (C=O) groups excluding carboxylic acids is 4. The van der Waals surface area contributed by atoms with Gasteiger partial charge in [0.2, 0.25) is 5.56 Å². The van der Waals surface area contributed by atoms with Gasteiger partial charge in [-0.2, -0.15) is 25.5 Å². The summed E-state index contributed by atoms with van der Waals surface area (Å²) in [6.45, 7) is 15.4. The van der Waals surface area contributed by atoms with Crippen LogP contribution in [0.15, 0.2) is 254 Å². The van der Waals surface area contributed by atoms with Crippen LogP contribution in [0.4, 0.5) is 42.4 Å². The number of benzene rings is 8. The zero-order chi connectivity index (χ0) is 104. The molecule has 8 aromatic heterocycles. The van der Waals surface area contributed by atoms with E-state index in [1.54, 1.807) is 102 Å². The van der Waals surface area contributed by atoms with Crippen molar-refractivity contribution in [1.29, 1.82) is 0 Å². The Morgan fingerprint density at radius 2 is 0.584 bits per heavy atom. The number of para-hydroxylation sites is 4. The summed E-state index contributed by atoms with van der Waals surface area (Å²) < 4.78 is 31.6. The van der Waals surface area contributed by atoms with Crippen LogP contribution in [0.2, 0.25) is 0 Å². The molecule has 0 atom stereocenters. The number of hydrogen-bond donors (Lipinski definition) is 8. The first-order valence-electron chi connectivity index (χ1n) is 51.0. The Bertz CT molecular complexity index is 7370. The summed E-state index contributed by atoms with van der Waals surface area (Å²) in [6, 6.07) is 67.0. The third kappa shape index (κ3) is 25.6. The molecule has 0 aliphatic heterocycles. The highest BCUT2D eigenvalue weighted by Gasteiger charge is 2.31. The smallest absolute Gasteiger partial charge is 0.320 e. The fourth-order valence-electron chi connectivity index (χ4n) is 19.6. The summed E-state index contributed by atoms with van der Waals surface area (Å²) in [4.78, 5) is 82.0. The highest BCUT2D eigenvalue weighted by atomic mass is 16.5. The van der Waals surface area contributed by atoms with Gasteiger partial charge in [0.05, 0.1) is 61.1 Å². The number of pyridine rings is 1. The molecule has 0 bridgehead atoms. The number of nitrogens with one attached hydrogen (secondary N) is 8. The number of anilines is 4. The number of methoxy groups -OCH3 is 4. The average Bonchev–Trinajstić information content (AvgIpc) is 1.64. The highest BCUT2D eigenvalue weighted by molar-refractivity contribution is 5.94. The molecule has 8 heterocycles. The maximum atomic E-state index is 13.2. The van der Waals surface area contributed by atoms with Gasteiger partial charge in [-0.1, -0.05) is 178 Å². The summed E-state index contributed by atoms with van der Waals surface area (Å²) in [7, 11) is 10.4. The molecule has 20 rings (SSSR count). The van der Waals surface area contributed by atoms with E-state index < -0.39 is 0 Å². The molecule has 32 nitrogen and oxygen atoms in total. The summed E-state index contributed by atoms with van der Waals surface area (Å²) in [5.41, 5.74) is 27.1. The van der Waals surface area contributed by atoms with E-state index in [2.05, 4.69) is 140 Å². The third-order valence-corrected chi connectivity index (χ3v) is 28.1. The van der Waals surface area contributed by atoms with Crippen LogP contribution in [0.25, 0.3) is 67.8 Å². The zero-order valence-corrected chi connectivity index (χ0v) is 86.7. The minimum atomic E-state index is -0.311. The van der Waals surface area contributed by atoms with E-state index in [0.717, 1.165) is 129 Å². The van der Waals surface area contributed by atoms with Crippen molar-refractivity contribution < 1.29 is 38.1 Å². The van der Waals surface area contributed by atoms with E-state index in [4.69, 9.17) is 39.3 Å². The SMILES string of the molecule is COCc1ccc(C2CCC2)c(CNC(=O)Nc2c(C)c(-c3ccc(=O)n(C)c3)nn2-c2ccccc2)c1.COCc1ccc(C2CCC2)c(CNC(=O)Nc2c(C)c(-c3cnc(C)nc3)nn2-c2ccccc2)c1.COCc1ccc(C2CCC2)c(CNC(=O)Nc2c(C)c(-c3cnn(C)c3)nn2-c2ccccc2)c1.COCc1ccc(C2CCCC2)c(CNC(=O)Nc2c(C)c(-c3cnc(C)nc3)nn2-c2ccccc2)c1. The molecule has 768 valence electrons. The van der Waals surface area contributed by atoms with Gasteiger partial charge < -0.3 is 44.8 Å². The van der Waals surface area contributed by atoms with E-state index in [9.17, 15) is 24.0 Å². The molecular formula is C117H131N23O9. The number of nitrogens with zero attached hydrogens (tertiary/aromatic N) is 15. The molecule has 0 spiro atoms. The van der Waals surface area contributed by atoms with Crippen LogP contribution in [0.3, 0.4) is 0 Å². The van der Waals surface area contributed by atoms with Crippen molar-refractivity contribution in [2.45, 2.75) is 201 Å². The van der Waals surface area contributed by atoms with Crippen molar-refractivity contribution in [3.8, 4) is 67.8 Å². The Morgan fingerprint density at radius 3 is 0.832 bits per heavy atom. The van der Waals surface area contributed by atoms with Crippen molar-refractivity contribution in [1.82, 2.24) is 94.7 Å². The Hall–Kier alpha value is -16.2. The molecule has 0 radical (unpaired) electrons. The molecule has 4 aliphatic rings. The Labute approximate surface area is 868 Å². The number of carbonyl (C=O) groups is 4. The molecule has 8 N–H and O–H groups in total. The number of aromatic nitrogens is 15. The first-order chi connectivity index (χ1) is 72.5. The normalized spacial score (nSPS) is 13.4. The van der Waals surface area contributed by atoms with Gasteiger partial charge in [-0.25, -0.2) is 57.8 Å². The standard InChI is InChI=1S/C30H34N6O2.C30H33N5O3.C29H32N6O2.C28H32N6O2/c1-20-28(25-17-31-21(2)32-18-25)35-36(26-11-5-4-6-12-26)29(20)34-30(37)33-16-24-15-22(19-38-3)13-14-27(24)23-9-7-8-10-23;1-20-28(23-13-15-27(36)34(2)18-23)33-35(25-10-5-4-6-11-25)29(20)32-30(37)31-17-24-16-21(19-38-3)12-14-26(24)22-8-7-9-22;1-19-27(24-16-30-20(2)31-17-24)34-35(25-10-5-4-6-11-25)28(19)33-29(36)32-15-23-14-21(18-37-3)12-13-26(23)22-8-7-9-22;1-19-26(23-16-30-33(2)17-23)32-34(24-10-5-4-6-11-24)27(19)31-28(35)29-15-22-14-20(18-36-3)12-13-25(22)21-8-7-9-21/h4-6,11-15,17-18,23H,7-10,16,19H2,1-3H3,(H2,33,34,37);4-6,10-16,18,22H,7-9,17,19H2,1-3H3,(H2,31,32,37);4-6,10-14,16-17,22H,7-9,15,18H2,1-3H3,(H2,32,33,36);4-6,10-14,16-17,21H,7-9,15,18H2,1-3H3,(H2,29,31,35). The summed E-state index contributed by atoms with van der Waals surface area (Å²) in [5, 5.41) is 48.1. The van der Waals surface area contributed by atoms with Gasteiger partial charge in [0.1, 0.15) is 52.0 Å². The van der Waals surface area contributed by atoms with Crippen molar-refractivity contribution in [2.24, 2.45) is 14.1 Å². The van der Waals surface area contributed by atoms with Crippen LogP contribution >= 0.6 is 0 Å². The minimum absolute atomic E-state index is 0.0949. The van der Waals surface area contributed by atoms with Gasteiger partial charge in [-0.15, -0.1) is 0 Å². The molecular weight excluding hydrogens is 1870 g/mol. The van der Waals surface area contributed by atoms with Crippen LogP contribution in [-0.4, -0.2) is 126 Å². The number of amides is 8. The Morgan fingerprint density at radius 1 is 0.315 bits per heavy atom. The zero-order valence-electron chi connectivity index (χ0n) is 86.7. The molecule has 8 amide bonds. The molecule has 4 saturated carbocycles. The summed E-state index contributed by atoms with van der Waals surface area (Å²) >= 11 is 0. The van der Waals surface area contributed by atoms with Gasteiger partial charge in [-0.05, 0) is 238 Å². The quantitative estimate of drug-likeness (QED) is 0.0194. The minimum Gasteiger partial charge on any atom is -0.380 e. The lowest BCUT2D eigenvalue weighted by Gasteiger charge is -2.28. The fourth-order valence-corrected chi connectivity index (χ4v) is 19.6. The third-order valence-electron chi connectivity index (χ3n) is 28.1. The van der Waals surface area contributed by atoms with Crippen molar-refractivity contribution in [2.75, 3.05) is 49.7 Å². The van der Waals surface area contributed by atoms with Gasteiger partial charge in [0.25, 0.3) is 0 Å². The predicted octanol–water partition coefficient (Wildman–Crippen LogP) is 22.4. The molecule has 32 heteroatoms. The lowest BCUT2D eigenvalue weighted by molar-refractivity contribution is 0.184. The topological polar surface area (TPSA) is 364 Å². The number of rotatable bonds is 32. The average molecular weight is 2000 g/mol. The monoisotopic (exact) mass is 2000 g/mol. The van der Waals surface area contributed by atoms with Crippen LogP contribution in [0, 0.1) is 41.5 Å². The van der Waals surface area contributed by atoms with E-state index in [-0.39, 0.29) is 29.7 Å². The summed E-state index contributed by atoms with van der Waals surface area (Å²) in [5.74, 6) is 6.04. The van der Waals surface area contributed by atoms with Crippen LogP contribution in [0.5, 0.6) is 0 Å². The molecule has 4 fully saturated rings. The number of aryl methyl sites for hydroxylation is 4. The van der Waals surface area contributed by atoms with E-state index in [1.165, 1.54) is 116 Å². The molecule has 149 heavy (non-hydrogen) atoms. The molecule has 8 aromatic carbocycles. The Balaban J connectivity index is 0.000000135. The maximum Gasteiger partial charge on any atom is 0.320 e. The van der Waals surface area contributed by atoms with E-state index in [1.807, 2.05) is 176 Å². The summed E-state index contributed by atoms with van der Waals surface area (Å²) in [6.07, 6.45) is 28.3. The molecule has 4 aliphatic carbocycles. The van der Waals surface area contributed by atoms with Gasteiger partial charge in [-0.3, -0.25) is 30.7 Å². The van der Waals surface area contributed by atoms with Crippen LogP contribution < -0.4 is 48.1 Å². The first-order valence-corrected chi connectivity index (χ1v) is 51.0. The highest BCUT2D eigenvalue weighted by Crippen LogP contribution is 2.44. The fraction of sp³-hybridized carbons (Fsp3) is 0.316. The lowest BCUT2D eigenvalue weighted by Crippen LogP contribution is -2.30. The second kappa shape index (κ2) is 49.4. The van der Waals surface area contributed by atoms with E-state index >= 15 is 0 Å². The molecule has 0 saturated heterocycles. The predicted molar refractivity (Wildman–Crippen MR) is 581 cm³/mol. The van der Waals surface area contributed by atoms with E-state index in [0.29, 0.717) is 117 Å². The van der Waals surface area contributed by atoms with Crippen molar-refractivity contribution >= 4 is 47.4 Å². The van der Waals surface area contributed by atoms with Crippen LogP contribution in [0.1, 0.15) is 208 Å². The number of ether oxygens (including phenoxy) is 4. The molecule has 16 aromatic rings. The largest absolute Gasteiger partial charge is 0.380 e. The number of hydrogen-bond acceptors (Lipinski definition) is 18. The Kier molecular flexibility index (Phi) is 34.5. The number of urea groups is 4. The second-order valence-electron chi connectivity index (χ2n) is 38.5. The van der Waals surface area contributed by atoms with Crippen molar-refractivity contribution in [3.05, 3.63) is 361 Å². The van der Waals surface area contributed by atoms with Gasteiger partial charge in [0, 0.05) is 156 Å².